The van der Waals surface area contributed by atoms with Crippen molar-refractivity contribution >= 4 is 0 Å². The van der Waals surface area contributed by atoms with Gasteiger partial charge in [-0.15, -0.1) is 10.2 Å². The fourth-order valence-electron chi connectivity index (χ4n) is 4.44. The lowest BCUT2D eigenvalue weighted by Crippen LogP contribution is -2.37. The maximum Gasteiger partial charge on any atom is 0.433 e. The molecule has 0 aliphatic carbocycles. The van der Waals surface area contributed by atoms with Gasteiger partial charge >= 0.3 is 11.9 Å². The zero-order valence-electron chi connectivity index (χ0n) is 20.7. The Bertz CT molecular complexity index is 1380. The maximum atomic E-state index is 14.2. The molecule has 190 valence electrons. The van der Waals surface area contributed by atoms with Gasteiger partial charge in [0.15, 0.2) is 0 Å². The van der Waals surface area contributed by atoms with Gasteiger partial charge in [0.1, 0.15) is 5.69 Å². The third kappa shape index (κ3) is 4.98. The summed E-state index contributed by atoms with van der Waals surface area (Å²) >= 11 is 0. The normalized spacial score (nSPS) is 12.3. The summed E-state index contributed by atoms with van der Waals surface area (Å²) in [6.07, 6.45) is -3.17. The first-order valence-corrected chi connectivity index (χ1v) is 11.9. The van der Waals surface area contributed by atoms with Gasteiger partial charge in [-0.05, 0) is 55.5 Å². The van der Waals surface area contributed by atoms with Gasteiger partial charge in [0.2, 0.25) is 5.82 Å². The minimum absolute atomic E-state index is 0.0378. The van der Waals surface area contributed by atoms with E-state index in [0.717, 1.165) is 33.2 Å². The molecule has 0 amide bonds. The Morgan fingerprint density at radius 1 is 0.972 bits per heavy atom. The third-order valence-corrected chi connectivity index (χ3v) is 6.07. The standard InChI is InChI=1S/C26H29F3N6O/c1-5-6-11-21-22(26(27,28)29)35(25(2,3)4)24(36)34(21)16-17-12-14-18(15-13-17)19-9-7-8-10-20(19)23-30-32-33-31-23/h7-10,12-15H,5-6,11,16H2,1-4H3,(H,30,31,32,33). The molecule has 0 aliphatic heterocycles. The Morgan fingerprint density at radius 3 is 2.19 bits per heavy atom. The summed E-state index contributed by atoms with van der Waals surface area (Å²) in [5.41, 5.74) is 0.842. The smallest absolute Gasteiger partial charge is 0.291 e. The average Bonchev–Trinajstić information content (AvgIpc) is 3.45. The van der Waals surface area contributed by atoms with Crippen LogP contribution in [0.5, 0.6) is 0 Å². The summed E-state index contributed by atoms with van der Waals surface area (Å²) in [4.78, 5) is 13.3. The van der Waals surface area contributed by atoms with Crippen LogP contribution in [-0.2, 0) is 24.7 Å². The minimum Gasteiger partial charge on any atom is -0.291 e. The molecular weight excluding hydrogens is 469 g/mol. The summed E-state index contributed by atoms with van der Waals surface area (Å²) in [6.45, 7) is 6.83. The predicted octanol–water partition coefficient (Wildman–Crippen LogP) is 5.66. The second kappa shape index (κ2) is 9.75. The first-order valence-electron chi connectivity index (χ1n) is 11.9. The molecular formula is C26H29F3N6O. The van der Waals surface area contributed by atoms with Crippen LogP contribution < -0.4 is 5.69 Å². The summed E-state index contributed by atoms with van der Waals surface area (Å²) in [5, 5.41) is 14.2. The second-order valence-electron chi connectivity index (χ2n) is 9.75. The number of benzene rings is 2. The fraction of sp³-hybridized carbons (Fsp3) is 0.385. The van der Waals surface area contributed by atoms with E-state index >= 15 is 0 Å². The van der Waals surface area contributed by atoms with E-state index in [1.165, 1.54) is 4.57 Å². The Kier molecular flexibility index (Phi) is 6.88. The number of rotatable bonds is 7. The zero-order chi connectivity index (χ0) is 26.1. The van der Waals surface area contributed by atoms with Gasteiger partial charge in [-0.3, -0.25) is 9.13 Å². The number of aromatic amines is 1. The van der Waals surface area contributed by atoms with Gasteiger partial charge in [0.05, 0.1) is 12.2 Å². The molecule has 0 saturated heterocycles. The predicted molar refractivity (Wildman–Crippen MR) is 131 cm³/mol. The highest BCUT2D eigenvalue weighted by atomic mass is 19.4. The fourth-order valence-corrected chi connectivity index (χ4v) is 4.44. The van der Waals surface area contributed by atoms with Crippen LogP contribution in [0.1, 0.15) is 57.5 Å². The van der Waals surface area contributed by atoms with E-state index < -0.39 is 23.1 Å². The van der Waals surface area contributed by atoms with E-state index in [1.54, 1.807) is 20.8 Å². The molecule has 0 atom stereocenters. The first kappa shape index (κ1) is 25.4. The molecule has 2 aromatic carbocycles. The number of nitrogens with one attached hydrogen (secondary N) is 1. The molecule has 10 heteroatoms. The van der Waals surface area contributed by atoms with E-state index in [0.29, 0.717) is 12.2 Å². The van der Waals surface area contributed by atoms with E-state index in [1.807, 2.05) is 55.5 Å². The number of H-pyrrole nitrogens is 1. The summed E-state index contributed by atoms with van der Waals surface area (Å²) in [6, 6.07) is 15.0. The number of halogens is 3. The van der Waals surface area contributed by atoms with Gasteiger partial charge < -0.3 is 0 Å². The lowest BCUT2D eigenvalue weighted by atomic mass is 9.98. The molecule has 0 spiro atoms. The van der Waals surface area contributed by atoms with Gasteiger partial charge in [-0.1, -0.05) is 61.9 Å². The molecule has 1 N–H and O–H groups in total. The SMILES string of the molecule is CCCCc1c(C(F)(F)F)n(C(C)(C)C)c(=O)n1Cc1ccc(-c2ccccc2-c2nn[nH]n2)cc1. The number of tetrazole rings is 1. The maximum absolute atomic E-state index is 14.2. The highest BCUT2D eigenvalue weighted by Crippen LogP contribution is 2.36. The molecule has 36 heavy (non-hydrogen) atoms. The number of aromatic nitrogens is 6. The molecule has 0 unspecified atom stereocenters. The van der Waals surface area contributed by atoms with Crippen molar-refractivity contribution in [2.24, 2.45) is 0 Å². The molecule has 0 bridgehead atoms. The van der Waals surface area contributed by atoms with Crippen LogP contribution in [0.4, 0.5) is 13.2 Å². The van der Waals surface area contributed by atoms with Crippen molar-refractivity contribution in [3.8, 4) is 22.5 Å². The van der Waals surface area contributed by atoms with Crippen molar-refractivity contribution < 1.29 is 13.2 Å². The van der Waals surface area contributed by atoms with E-state index in [-0.39, 0.29) is 18.7 Å². The van der Waals surface area contributed by atoms with Crippen LogP contribution in [0, 0.1) is 0 Å². The van der Waals surface area contributed by atoms with Crippen molar-refractivity contribution in [1.29, 1.82) is 0 Å². The Labute approximate surface area is 207 Å². The second-order valence-corrected chi connectivity index (χ2v) is 9.75. The van der Waals surface area contributed by atoms with Crippen LogP contribution in [0.15, 0.2) is 53.3 Å². The molecule has 0 aliphatic rings. The van der Waals surface area contributed by atoms with Crippen LogP contribution in [0.2, 0.25) is 0 Å². The topological polar surface area (TPSA) is 81.4 Å². The number of hydrogen-bond donors (Lipinski definition) is 1. The van der Waals surface area contributed by atoms with Crippen molar-refractivity contribution in [2.45, 2.75) is 65.2 Å². The third-order valence-electron chi connectivity index (χ3n) is 6.07. The Morgan fingerprint density at radius 2 is 1.64 bits per heavy atom. The average molecular weight is 499 g/mol. The number of imidazole rings is 1. The molecule has 0 fully saturated rings. The molecule has 4 rings (SSSR count). The number of alkyl halides is 3. The van der Waals surface area contributed by atoms with Crippen molar-refractivity contribution in [3.05, 3.63) is 76.0 Å². The lowest BCUT2D eigenvalue weighted by molar-refractivity contribution is -0.146. The van der Waals surface area contributed by atoms with Gasteiger partial charge in [-0.25, -0.2) is 4.79 Å². The largest absolute Gasteiger partial charge is 0.433 e. The van der Waals surface area contributed by atoms with Gasteiger partial charge in [0.25, 0.3) is 0 Å². The van der Waals surface area contributed by atoms with Crippen molar-refractivity contribution in [2.75, 3.05) is 0 Å². The van der Waals surface area contributed by atoms with Crippen LogP contribution in [0.25, 0.3) is 22.5 Å². The van der Waals surface area contributed by atoms with Crippen LogP contribution >= 0.6 is 0 Å². The summed E-state index contributed by atoms with van der Waals surface area (Å²) < 4.78 is 44.8. The molecule has 7 nitrogen and oxygen atoms in total. The lowest BCUT2D eigenvalue weighted by Gasteiger charge is -2.24. The van der Waals surface area contributed by atoms with Crippen molar-refractivity contribution in [3.63, 3.8) is 0 Å². The zero-order valence-corrected chi connectivity index (χ0v) is 20.7. The van der Waals surface area contributed by atoms with Gasteiger partial charge in [0, 0.05) is 11.1 Å². The number of unbranched alkanes of at least 4 members (excludes halogenated alkanes) is 1. The molecule has 0 saturated carbocycles. The van der Waals surface area contributed by atoms with Crippen LogP contribution in [-0.4, -0.2) is 29.8 Å². The summed E-state index contributed by atoms with van der Waals surface area (Å²) in [5.74, 6) is 0.463. The van der Waals surface area contributed by atoms with E-state index in [9.17, 15) is 18.0 Å². The molecule has 2 aromatic heterocycles. The number of hydrogen-bond acceptors (Lipinski definition) is 4. The highest BCUT2D eigenvalue weighted by Gasteiger charge is 2.42. The quantitative estimate of drug-likeness (QED) is 0.356. The Hall–Kier alpha value is -3.69. The van der Waals surface area contributed by atoms with E-state index in [2.05, 4.69) is 20.6 Å². The van der Waals surface area contributed by atoms with Crippen LogP contribution in [0.3, 0.4) is 0 Å². The first-order chi connectivity index (χ1) is 17.0. The van der Waals surface area contributed by atoms with Crippen molar-refractivity contribution in [1.82, 2.24) is 29.8 Å². The molecule has 0 radical (unpaired) electrons. The number of nitrogens with zero attached hydrogens (tertiary/aromatic N) is 5. The minimum atomic E-state index is -4.64. The highest BCUT2D eigenvalue weighted by molar-refractivity contribution is 5.80. The molecule has 4 aromatic rings. The molecule has 2 heterocycles. The summed E-state index contributed by atoms with van der Waals surface area (Å²) in [7, 11) is 0. The Balaban J connectivity index is 1.75. The van der Waals surface area contributed by atoms with Gasteiger partial charge in [-0.2, -0.15) is 18.4 Å². The monoisotopic (exact) mass is 498 g/mol. The van der Waals surface area contributed by atoms with E-state index in [4.69, 9.17) is 0 Å².